The Morgan fingerprint density at radius 3 is 2.69 bits per heavy atom. The van der Waals surface area contributed by atoms with Gasteiger partial charge in [0.2, 0.25) is 0 Å². The zero-order chi connectivity index (χ0) is 27.7. The molecule has 0 aliphatic rings. The van der Waals surface area contributed by atoms with Crippen LogP contribution in [0.3, 0.4) is 0 Å². The van der Waals surface area contributed by atoms with Crippen LogP contribution >= 0.6 is 23.2 Å². The molecule has 0 radical (unpaired) electrons. The summed E-state index contributed by atoms with van der Waals surface area (Å²) in [7, 11) is 0. The number of nitrogens with one attached hydrogen (secondary N) is 4. The largest absolute Gasteiger partial charge is 0.507 e. The predicted molar refractivity (Wildman–Crippen MR) is 149 cm³/mol. The second kappa shape index (κ2) is 10.8. The van der Waals surface area contributed by atoms with Gasteiger partial charge in [0.1, 0.15) is 28.2 Å². The van der Waals surface area contributed by atoms with E-state index in [1.807, 2.05) is 31.2 Å². The smallest absolute Gasteiger partial charge is 0.315 e. The van der Waals surface area contributed by atoms with Crippen LogP contribution in [-0.4, -0.2) is 26.1 Å². The molecule has 1 atom stereocenters. The van der Waals surface area contributed by atoms with Crippen LogP contribution in [0.5, 0.6) is 5.75 Å². The number of carbonyl (C=O) groups is 1. The highest BCUT2D eigenvalue weighted by Crippen LogP contribution is 2.34. The number of halogens is 3. The summed E-state index contributed by atoms with van der Waals surface area (Å²) in [5.41, 5.74) is 2.93. The molecule has 0 unspecified atom stereocenters. The van der Waals surface area contributed by atoms with Crippen molar-refractivity contribution in [1.29, 1.82) is 0 Å². The van der Waals surface area contributed by atoms with Crippen LogP contribution in [0.2, 0.25) is 10.2 Å². The summed E-state index contributed by atoms with van der Waals surface area (Å²) >= 11 is 12.5. The van der Waals surface area contributed by atoms with Gasteiger partial charge in [0.05, 0.1) is 11.6 Å². The zero-order valence-electron chi connectivity index (χ0n) is 20.5. The Labute approximate surface area is 231 Å². The highest BCUT2D eigenvalue weighted by atomic mass is 35.5. The standard InChI is InChI=1S/C28H22Cl2FN5O3/c1-14(33-28(39)32-13-16-10-17(29)7-8-21(16)31)18-4-2-3-5-19(18)27-35-25(26(30)36-27)15-6-9-22-20(11-15)23(37)12-24(38)34-22/h2-12,14H,13H2,1H3,(H,35,36)(H2,32,33,39)(H2,34,37,38)/t14-/m0/s1. The molecule has 3 aromatic carbocycles. The average Bonchev–Trinajstić information content (AvgIpc) is 3.30. The number of aromatic nitrogens is 3. The van der Waals surface area contributed by atoms with Crippen molar-refractivity contribution in [3.05, 3.63) is 104 Å². The summed E-state index contributed by atoms with van der Waals surface area (Å²) in [5, 5.41) is 16.8. The van der Waals surface area contributed by atoms with Gasteiger partial charge >= 0.3 is 6.03 Å². The van der Waals surface area contributed by atoms with Gasteiger partial charge in [-0.2, -0.15) is 0 Å². The third-order valence-corrected chi connectivity index (χ3v) is 6.74. The fourth-order valence-corrected chi connectivity index (χ4v) is 4.76. The Morgan fingerprint density at radius 2 is 1.87 bits per heavy atom. The lowest BCUT2D eigenvalue weighted by atomic mass is 10.0. The number of pyridine rings is 1. The zero-order valence-corrected chi connectivity index (χ0v) is 22.0. The molecular formula is C28H22Cl2FN5O3. The SMILES string of the molecule is C[C@H](NC(=O)NCc1cc(Cl)ccc1F)c1ccccc1-c1nc(-c2ccc3[nH]c(=O)cc(O)c3c2)c(Cl)[nH]1. The summed E-state index contributed by atoms with van der Waals surface area (Å²) in [4.78, 5) is 34.7. The van der Waals surface area contributed by atoms with Crippen molar-refractivity contribution in [2.75, 3.05) is 0 Å². The molecule has 5 rings (SSSR count). The molecular weight excluding hydrogens is 544 g/mol. The topological polar surface area (TPSA) is 123 Å². The Morgan fingerprint density at radius 1 is 1.08 bits per heavy atom. The van der Waals surface area contributed by atoms with Gasteiger partial charge in [-0.3, -0.25) is 4.79 Å². The van der Waals surface area contributed by atoms with Crippen LogP contribution < -0.4 is 16.2 Å². The number of amides is 2. The Balaban J connectivity index is 1.38. The lowest BCUT2D eigenvalue weighted by Gasteiger charge is -2.18. The molecule has 2 amide bonds. The van der Waals surface area contributed by atoms with Crippen LogP contribution in [0, 0.1) is 5.82 Å². The highest BCUT2D eigenvalue weighted by molar-refractivity contribution is 6.32. The molecule has 5 N–H and O–H groups in total. The van der Waals surface area contributed by atoms with Gasteiger partial charge in [-0.15, -0.1) is 0 Å². The monoisotopic (exact) mass is 565 g/mol. The van der Waals surface area contributed by atoms with Crippen molar-refractivity contribution in [3.63, 3.8) is 0 Å². The Hall–Kier alpha value is -4.34. The fraction of sp³-hybridized carbons (Fsp3) is 0.107. The van der Waals surface area contributed by atoms with Gasteiger partial charge in [-0.25, -0.2) is 14.2 Å². The first-order valence-corrected chi connectivity index (χ1v) is 12.6. The van der Waals surface area contributed by atoms with Gasteiger partial charge < -0.3 is 25.7 Å². The number of hydrogen-bond donors (Lipinski definition) is 5. The number of carbonyl (C=O) groups excluding carboxylic acids is 1. The lowest BCUT2D eigenvalue weighted by Crippen LogP contribution is -2.37. The molecule has 0 saturated carbocycles. The molecule has 5 aromatic rings. The first-order chi connectivity index (χ1) is 18.7. The summed E-state index contributed by atoms with van der Waals surface area (Å²) < 4.78 is 14.0. The first-order valence-electron chi connectivity index (χ1n) is 11.9. The minimum Gasteiger partial charge on any atom is -0.507 e. The number of nitrogens with zero attached hydrogens (tertiary/aromatic N) is 1. The number of fused-ring (bicyclic) bond motifs is 1. The van der Waals surface area contributed by atoms with Crippen molar-refractivity contribution in [1.82, 2.24) is 25.6 Å². The van der Waals surface area contributed by atoms with Crippen molar-refractivity contribution >= 4 is 40.1 Å². The van der Waals surface area contributed by atoms with Crippen LogP contribution in [0.25, 0.3) is 33.5 Å². The highest BCUT2D eigenvalue weighted by Gasteiger charge is 2.19. The minimum absolute atomic E-state index is 0.0288. The molecule has 2 heterocycles. The van der Waals surface area contributed by atoms with Gasteiger partial charge in [-0.05, 0) is 42.8 Å². The third kappa shape index (κ3) is 5.59. The minimum atomic E-state index is -0.483. The lowest BCUT2D eigenvalue weighted by molar-refractivity contribution is 0.237. The second-order valence-corrected chi connectivity index (χ2v) is 9.71. The maximum Gasteiger partial charge on any atom is 0.315 e. The number of urea groups is 1. The van der Waals surface area contributed by atoms with E-state index < -0.39 is 23.4 Å². The number of aromatic amines is 2. The second-order valence-electron chi connectivity index (χ2n) is 8.90. The molecule has 8 nitrogen and oxygen atoms in total. The quantitative estimate of drug-likeness (QED) is 0.166. The van der Waals surface area contributed by atoms with Crippen LogP contribution in [0.4, 0.5) is 9.18 Å². The van der Waals surface area contributed by atoms with E-state index in [0.29, 0.717) is 38.6 Å². The van der Waals surface area contributed by atoms with Crippen LogP contribution in [0.1, 0.15) is 24.1 Å². The molecule has 198 valence electrons. The van der Waals surface area contributed by atoms with Gasteiger partial charge in [0.15, 0.2) is 0 Å². The number of benzene rings is 3. The van der Waals surface area contributed by atoms with E-state index in [9.17, 15) is 19.1 Å². The van der Waals surface area contributed by atoms with E-state index >= 15 is 0 Å². The van der Waals surface area contributed by atoms with Gasteiger partial charge in [0, 0.05) is 39.7 Å². The molecule has 39 heavy (non-hydrogen) atoms. The van der Waals surface area contributed by atoms with E-state index in [2.05, 4.69) is 20.6 Å². The average molecular weight is 566 g/mol. The normalized spacial score (nSPS) is 11.9. The number of hydrogen-bond acceptors (Lipinski definition) is 4. The van der Waals surface area contributed by atoms with E-state index in [1.54, 1.807) is 18.2 Å². The molecule has 0 saturated heterocycles. The summed E-state index contributed by atoms with van der Waals surface area (Å²) in [5.74, 6) is -0.131. The Bertz CT molecular complexity index is 1770. The molecule has 0 aliphatic carbocycles. The molecule has 11 heteroatoms. The van der Waals surface area contributed by atoms with E-state index in [-0.39, 0.29) is 23.0 Å². The van der Waals surface area contributed by atoms with E-state index in [0.717, 1.165) is 11.6 Å². The fourth-order valence-electron chi connectivity index (χ4n) is 4.32. The number of aromatic hydroxyl groups is 1. The molecule has 2 aromatic heterocycles. The molecule has 0 bridgehead atoms. The molecule has 0 spiro atoms. The third-order valence-electron chi connectivity index (χ3n) is 6.23. The summed E-state index contributed by atoms with van der Waals surface area (Å²) in [6.07, 6.45) is 0. The number of rotatable bonds is 6. The van der Waals surface area contributed by atoms with E-state index in [4.69, 9.17) is 28.2 Å². The van der Waals surface area contributed by atoms with Crippen molar-refractivity contribution in [3.8, 4) is 28.4 Å². The Kier molecular flexibility index (Phi) is 7.28. The van der Waals surface area contributed by atoms with Gasteiger partial charge in [0.25, 0.3) is 5.56 Å². The summed E-state index contributed by atoms with van der Waals surface area (Å²) in [6, 6.07) is 16.8. The van der Waals surface area contributed by atoms with Crippen LogP contribution in [0.15, 0.2) is 71.5 Å². The van der Waals surface area contributed by atoms with Crippen molar-refractivity contribution in [2.45, 2.75) is 19.5 Å². The maximum atomic E-state index is 14.0. The molecule has 0 fully saturated rings. The number of H-pyrrole nitrogens is 2. The molecule has 0 aliphatic heterocycles. The van der Waals surface area contributed by atoms with Crippen molar-refractivity contribution < 1.29 is 14.3 Å². The van der Waals surface area contributed by atoms with Crippen LogP contribution in [-0.2, 0) is 6.54 Å². The maximum absolute atomic E-state index is 14.0. The predicted octanol–water partition coefficient (Wildman–Crippen LogP) is 6.30. The number of imidazole rings is 1. The van der Waals surface area contributed by atoms with E-state index in [1.165, 1.54) is 18.2 Å². The summed E-state index contributed by atoms with van der Waals surface area (Å²) in [6.45, 7) is 1.79. The van der Waals surface area contributed by atoms with Crippen molar-refractivity contribution in [2.24, 2.45) is 0 Å². The first kappa shape index (κ1) is 26.3. The van der Waals surface area contributed by atoms with Gasteiger partial charge in [-0.1, -0.05) is 53.5 Å².